The lowest BCUT2D eigenvalue weighted by molar-refractivity contribution is 0.352. The average molecular weight is 267 g/mol. The molecule has 1 heterocycles. The predicted molar refractivity (Wildman–Crippen MR) is 84.7 cm³/mol. The number of fused-ring (bicyclic) bond motifs is 3. The molecule has 3 aromatic rings. The zero-order valence-corrected chi connectivity index (χ0v) is 12.3. The Morgan fingerprint density at radius 3 is 2.35 bits per heavy atom. The molecule has 0 bridgehead atoms. The molecule has 0 amide bonds. The minimum atomic E-state index is 0.0630. The van der Waals surface area contributed by atoms with E-state index in [1.54, 1.807) is 0 Å². The van der Waals surface area contributed by atoms with Crippen molar-refractivity contribution in [3.63, 3.8) is 0 Å². The molecule has 20 heavy (non-hydrogen) atoms. The molecule has 2 aromatic carbocycles. The van der Waals surface area contributed by atoms with Crippen molar-refractivity contribution in [2.24, 2.45) is 17.6 Å². The van der Waals surface area contributed by atoms with Crippen LogP contribution in [0.2, 0.25) is 0 Å². The highest BCUT2D eigenvalue weighted by Gasteiger charge is 2.19. The van der Waals surface area contributed by atoms with Gasteiger partial charge in [0.2, 0.25) is 0 Å². The van der Waals surface area contributed by atoms with Crippen LogP contribution in [-0.4, -0.2) is 0 Å². The Bertz CT molecular complexity index is 741. The van der Waals surface area contributed by atoms with E-state index in [1.165, 1.54) is 5.56 Å². The van der Waals surface area contributed by atoms with Crippen molar-refractivity contribution in [1.29, 1.82) is 0 Å². The number of nitrogens with two attached hydrogens (primary N) is 1. The molecule has 2 nitrogen and oxygen atoms in total. The molecule has 0 aliphatic heterocycles. The van der Waals surface area contributed by atoms with E-state index in [1.807, 2.05) is 24.3 Å². The predicted octanol–water partition coefficient (Wildman–Crippen LogP) is 4.88. The summed E-state index contributed by atoms with van der Waals surface area (Å²) in [7, 11) is 0. The lowest BCUT2D eigenvalue weighted by Gasteiger charge is -2.23. The van der Waals surface area contributed by atoms with E-state index in [-0.39, 0.29) is 6.04 Å². The quantitative estimate of drug-likeness (QED) is 0.734. The Hall–Kier alpha value is -1.80. The van der Waals surface area contributed by atoms with E-state index in [4.69, 9.17) is 10.2 Å². The van der Waals surface area contributed by atoms with Gasteiger partial charge in [0.05, 0.1) is 0 Å². The molecule has 0 aliphatic rings. The van der Waals surface area contributed by atoms with Gasteiger partial charge >= 0.3 is 0 Å². The maximum absolute atomic E-state index is 6.41. The Morgan fingerprint density at radius 2 is 1.60 bits per heavy atom. The molecule has 2 N–H and O–H groups in total. The van der Waals surface area contributed by atoms with Gasteiger partial charge in [-0.1, -0.05) is 45.0 Å². The summed E-state index contributed by atoms with van der Waals surface area (Å²) in [6.45, 7) is 6.65. The third-order valence-electron chi connectivity index (χ3n) is 4.40. The average Bonchev–Trinajstić information content (AvgIpc) is 2.83. The summed E-state index contributed by atoms with van der Waals surface area (Å²) in [6.07, 6.45) is 0. The van der Waals surface area contributed by atoms with Gasteiger partial charge in [-0.15, -0.1) is 0 Å². The number of hydrogen-bond acceptors (Lipinski definition) is 2. The molecule has 3 rings (SSSR count). The van der Waals surface area contributed by atoms with E-state index in [9.17, 15) is 0 Å². The molecule has 2 heteroatoms. The summed E-state index contributed by atoms with van der Waals surface area (Å²) in [4.78, 5) is 0. The second kappa shape index (κ2) is 4.95. The van der Waals surface area contributed by atoms with Crippen LogP contribution in [0.3, 0.4) is 0 Å². The summed E-state index contributed by atoms with van der Waals surface area (Å²) in [5.41, 5.74) is 9.46. The second-order valence-corrected chi connectivity index (χ2v) is 5.98. The number of benzene rings is 2. The van der Waals surface area contributed by atoms with Gasteiger partial charge in [0, 0.05) is 16.8 Å². The van der Waals surface area contributed by atoms with Crippen LogP contribution in [0.5, 0.6) is 0 Å². The minimum Gasteiger partial charge on any atom is -0.456 e. The van der Waals surface area contributed by atoms with Crippen LogP contribution in [0.4, 0.5) is 0 Å². The van der Waals surface area contributed by atoms with Crippen LogP contribution in [-0.2, 0) is 0 Å². The third-order valence-corrected chi connectivity index (χ3v) is 4.40. The molecule has 0 radical (unpaired) electrons. The summed E-state index contributed by atoms with van der Waals surface area (Å²) in [5.74, 6) is 1.02. The molecular formula is C18H21NO. The minimum absolute atomic E-state index is 0.0630. The van der Waals surface area contributed by atoms with Crippen molar-refractivity contribution >= 4 is 21.9 Å². The number of hydrogen-bond donors (Lipinski definition) is 1. The first kappa shape index (κ1) is 13.2. The summed E-state index contributed by atoms with van der Waals surface area (Å²) < 4.78 is 5.85. The highest BCUT2D eigenvalue weighted by Crippen LogP contribution is 2.32. The van der Waals surface area contributed by atoms with E-state index in [2.05, 4.69) is 39.0 Å². The number of para-hydroxylation sites is 1. The Kier molecular flexibility index (Phi) is 3.27. The van der Waals surface area contributed by atoms with Crippen LogP contribution in [0.1, 0.15) is 32.4 Å². The molecule has 1 aromatic heterocycles. The molecule has 104 valence electrons. The Balaban J connectivity index is 2.12. The van der Waals surface area contributed by atoms with Gasteiger partial charge in [0.25, 0.3) is 0 Å². The van der Waals surface area contributed by atoms with Gasteiger partial charge in [-0.3, -0.25) is 0 Å². The Morgan fingerprint density at radius 1 is 0.900 bits per heavy atom. The van der Waals surface area contributed by atoms with E-state index < -0.39 is 0 Å². The van der Waals surface area contributed by atoms with Gasteiger partial charge < -0.3 is 10.2 Å². The molecule has 0 saturated heterocycles. The maximum atomic E-state index is 6.41. The first-order valence-corrected chi connectivity index (χ1v) is 7.24. The van der Waals surface area contributed by atoms with Gasteiger partial charge in [0.15, 0.2) is 0 Å². The molecule has 2 atom stereocenters. The van der Waals surface area contributed by atoms with Crippen molar-refractivity contribution in [3.8, 4) is 0 Å². The van der Waals surface area contributed by atoms with Crippen molar-refractivity contribution in [1.82, 2.24) is 0 Å². The Labute approximate surface area is 119 Å². The molecule has 0 saturated carbocycles. The number of furan rings is 1. The largest absolute Gasteiger partial charge is 0.456 e. The molecule has 0 spiro atoms. The molecule has 0 aliphatic carbocycles. The van der Waals surface area contributed by atoms with Crippen molar-refractivity contribution in [2.75, 3.05) is 0 Å². The number of rotatable bonds is 3. The van der Waals surface area contributed by atoms with Crippen molar-refractivity contribution < 1.29 is 4.42 Å². The highest BCUT2D eigenvalue weighted by atomic mass is 16.3. The van der Waals surface area contributed by atoms with Gasteiger partial charge in [-0.05, 0) is 35.6 Å². The van der Waals surface area contributed by atoms with Gasteiger partial charge in [0.1, 0.15) is 11.2 Å². The van der Waals surface area contributed by atoms with E-state index in [0.717, 1.165) is 21.9 Å². The maximum Gasteiger partial charge on any atom is 0.135 e. The van der Waals surface area contributed by atoms with Crippen molar-refractivity contribution in [3.05, 3.63) is 48.0 Å². The standard InChI is InChI=1S/C18H21NO/c1-11(2)12(3)18(19)13-8-9-17-15(10-13)14-6-4-5-7-16(14)20-17/h4-12,18H,19H2,1-3H3. The highest BCUT2D eigenvalue weighted by molar-refractivity contribution is 6.05. The van der Waals surface area contributed by atoms with Crippen LogP contribution in [0.15, 0.2) is 46.9 Å². The van der Waals surface area contributed by atoms with E-state index in [0.29, 0.717) is 11.8 Å². The first-order valence-electron chi connectivity index (χ1n) is 7.24. The fourth-order valence-electron chi connectivity index (χ4n) is 2.67. The van der Waals surface area contributed by atoms with Crippen molar-refractivity contribution in [2.45, 2.75) is 26.8 Å². The topological polar surface area (TPSA) is 39.2 Å². The third kappa shape index (κ3) is 2.10. The zero-order chi connectivity index (χ0) is 14.3. The summed E-state index contributed by atoms with van der Waals surface area (Å²) >= 11 is 0. The SMILES string of the molecule is CC(C)C(C)C(N)c1ccc2oc3ccccc3c2c1. The van der Waals surface area contributed by atoms with Crippen LogP contribution < -0.4 is 5.73 Å². The monoisotopic (exact) mass is 267 g/mol. The van der Waals surface area contributed by atoms with Gasteiger partial charge in [-0.2, -0.15) is 0 Å². The molecule has 2 unspecified atom stereocenters. The lowest BCUT2D eigenvalue weighted by atomic mass is 9.86. The molecular weight excluding hydrogens is 246 g/mol. The fraction of sp³-hybridized carbons (Fsp3) is 0.333. The van der Waals surface area contributed by atoms with E-state index >= 15 is 0 Å². The normalized spacial score (nSPS) is 15.1. The van der Waals surface area contributed by atoms with Crippen LogP contribution in [0.25, 0.3) is 21.9 Å². The van der Waals surface area contributed by atoms with Crippen LogP contribution >= 0.6 is 0 Å². The fourth-order valence-corrected chi connectivity index (χ4v) is 2.67. The summed E-state index contributed by atoms with van der Waals surface area (Å²) in [6, 6.07) is 14.5. The van der Waals surface area contributed by atoms with Crippen LogP contribution in [0, 0.1) is 11.8 Å². The molecule has 0 fully saturated rings. The first-order chi connectivity index (χ1) is 9.58. The summed E-state index contributed by atoms with van der Waals surface area (Å²) in [5, 5.41) is 2.32. The van der Waals surface area contributed by atoms with Gasteiger partial charge in [-0.25, -0.2) is 0 Å². The zero-order valence-electron chi connectivity index (χ0n) is 12.3. The lowest BCUT2D eigenvalue weighted by Crippen LogP contribution is -2.22. The smallest absolute Gasteiger partial charge is 0.135 e. The second-order valence-electron chi connectivity index (χ2n) is 5.98.